The van der Waals surface area contributed by atoms with Crippen molar-refractivity contribution in [2.75, 3.05) is 18.2 Å². The molecule has 5 heteroatoms. The maximum absolute atomic E-state index is 12.4. The maximum atomic E-state index is 12.4. The molecular weight excluding hydrogens is 266 g/mol. The number of aryl methyl sites for hydroxylation is 1. The highest BCUT2D eigenvalue weighted by Crippen LogP contribution is 2.24. The minimum atomic E-state index is -0.374. The molecule has 0 heterocycles. The largest absolute Gasteiger partial charge is 0.496 e. The zero-order chi connectivity index (χ0) is 15.4. The van der Waals surface area contributed by atoms with Gasteiger partial charge in [0, 0.05) is 5.69 Å². The predicted molar refractivity (Wildman–Crippen MR) is 81.3 cm³/mol. The molecule has 0 atom stereocenters. The third-order valence-corrected chi connectivity index (χ3v) is 3.10. The van der Waals surface area contributed by atoms with Crippen molar-refractivity contribution in [3.8, 4) is 11.8 Å². The molecule has 0 aliphatic carbocycles. The number of nitrogen functional groups attached to an aromatic ring is 1. The van der Waals surface area contributed by atoms with Crippen molar-refractivity contribution in [2.24, 2.45) is 0 Å². The van der Waals surface area contributed by atoms with Crippen LogP contribution in [-0.4, -0.2) is 13.0 Å². The van der Waals surface area contributed by atoms with Gasteiger partial charge >= 0.3 is 0 Å². The molecule has 0 saturated heterocycles. The van der Waals surface area contributed by atoms with E-state index in [2.05, 4.69) is 11.4 Å². The van der Waals surface area contributed by atoms with Crippen molar-refractivity contribution in [3.63, 3.8) is 0 Å². The van der Waals surface area contributed by atoms with E-state index in [1.165, 1.54) is 13.2 Å². The first kappa shape index (κ1) is 14.4. The van der Waals surface area contributed by atoms with Crippen molar-refractivity contribution >= 4 is 17.3 Å². The van der Waals surface area contributed by atoms with Gasteiger partial charge in [0.1, 0.15) is 11.8 Å². The molecule has 2 rings (SSSR count). The summed E-state index contributed by atoms with van der Waals surface area (Å²) >= 11 is 0. The lowest BCUT2D eigenvalue weighted by Crippen LogP contribution is -2.14. The summed E-state index contributed by atoms with van der Waals surface area (Å²) in [6.45, 7) is 1.81. The zero-order valence-electron chi connectivity index (χ0n) is 11.8. The molecule has 0 bridgehead atoms. The number of ether oxygens (including phenoxy) is 1. The molecule has 2 aromatic rings. The average molecular weight is 281 g/mol. The van der Waals surface area contributed by atoms with Crippen LogP contribution in [0.5, 0.6) is 5.75 Å². The fourth-order valence-corrected chi connectivity index (χ4v) is 2.01. The summed E-state index contributed by atoms with van der Waals surface area (Å²) in [6.07, 6.45) is 0. The fourth-order valence-electron chi connectivity index (χ4n) is 2.01. The molecule has 0 aliphatic heterocycles. The standard InChI is InChI=1S/C16H15N3O2/c1-10-4-3-5-14(13(10)9-17)19-16(20)12-8-11(18)6-7-15(12)21-2/h3-8H,18H2,1-2H3,(H,19,20). The van der Waals surface area contributed by atoms with Gasteiger partial charge in [0.05, 0.1) is 23.9 Å². The van der Waals surface area contributed by atoms with Gasteiger partial charge < -0.3 is 15.8 Å². The summed E-state index contributed by atoms with van der Waals surface area (Å²) in [7, 11) is 1.48. The highest BCUT2D eigenvalue weighted by atomic mass is 16.5. The molecule has 0 aromatic heterocycles. The Morgan fingerprint density at radius 2 is 2.10 bits per heavy atom. The SMILES string of the molecule is COc1ccc(N)cc1C(=O)Nc1cccc(C)c1C#N. The normalized spacial score (nSPS) is 9.76. The number of rotatable bonds is 3. The molecule has 2 aromatic carbocycles. The van der Waals surface area contributed by atoms with Crippen LogP contribution in [0.1, 0.15) is 21.5 Å². The number of benzene rings is 2. The first-order valence-corrected chi connectivity index (χ1v) is 6.31. The minimum Gasteiger partial charge on any atom is -0.496 e. The average Bonchev–Trinajstić information content (AvgIpc) is 2.47. The van der Waals surface area contributed by atoms with Gasteiger partial charge in [-0.05, 0) is 36.8 Å². The van der Waals surface area contributed by atoms with Crippen molar-refractivity contribution in [1.29, 1.82) is 5.26 Å². The molecule has 0 aliphatic rings. The Morgan fingerprint density at radius 3 is 2.76 bits per heavy atom. The highest BCUT2D eigenvalue weighted by molar-refractivity contribution is 6.07. The summed E-state index contributed by atoms with van der Waals surface area (Å²) in [5.74, 6) is 0.0501. The van der Waals surface area contributed by atoms with Crippen LogP contribution < -0.4 is 15.8 Å². The van der Waals surface area contributed by atoms with E-state index in [4.69, 9.17) is 10.5 Å². The van der Waals surface area contributed by atoms with E-state index in [1.54, 1.807) is 24.3 Å². The Kier molecular flexibility index (Phi) is 4.10. The molecule has 0 spiro atoms. The van der Waals surface area contributed by atoms with Gasteiger partial charge in [-0.3, -0.25) is 4.79 Å². The second-order valence-electron chi connectivity index (χ2n) is 4.52. The highest BCUT2D eigenvalue weighted by Gasteiger charge is 2.15. The minimum absolute atomic E-state index is 0.322. The summed E-state index contributed by atoms with van der Waals surface area (Å²) < 4.78 is 5.16. The Labute approximate surface area is 123 Å². The van der Waals surface area contributed by atoms with Crippen molar-refractivity contribution in [3.05, 3.63) is 53.1 Å². The smallest absolute Gasteiger partial charge is 0.259 e. The van der Waals surface area contributed by atoms with Crippen molar-refractivity contribution in [1.82, 2.24) is 0 Å². The van der Waals surface area contributed by atoms with Crippen LogP contribution in [0, 0.1) is 18.3 Å². The maximum Gasteiger partial charge on any atom is 0.259 e. The summed E-state index contributed by atoms with van der Waals surface area (Å²) in [5, 5.41) is 11.9. The number of hydrogen-bond donors (Lipinski definition) is 2. The fraction of sp³-hybridized carbons (Fsp3) is 0.125. The first-order chi connectivity index (χ1) is 10.1. The number of nitrogens with one attached hydrogen (secondary N) is 1. The number of methoxy groups -OCH3 is 1. The van der Waals surface area contributed by atoms with Gasteiger partial charge in [-0.1, -0.05) is 12.1 Å². The Hall–Kier alpha value is -3.00. The Balaban J connectivity index is 2.38. The number of carbonyl (C=O) groups is 1. The molecule has 3 N–H and O–H groups in total. The van der Waals surface area contributed by atoms with Gasteiger partial charge in [-0.25, -0.2) is 0 Å². The van der Waals surface area contributed by atoms with Crippen LogP contribution in [0.3, 0.4) is 0 Å². The van der Waals surface area contributed by atoms with Crippen molar-refractivity contribution < 1.29 is 9.53 Å². The number of amides is 1. The van der Waals surface area contributed by atoms with Gasteiger partial charge in [0.2, 0.25) is 0 Å². The van der Waals surface area contributed by atoms with Gasteiger partial charge in [-0.15, -0.1) is 0 Å². The summed E-state index contributed by atoms with van der Waals surface area (Å²) in [4.78, 5) is 12.4. The second-order valence-corrected chi connectivity index (χ2v) is 4.52. The monoisotopic (exact) mass is 281 g/mol. The Bertz CT molecular complexity index is 733. The Morgan fingerprint density at radius 1 is 1.33 bits per heavy atom. The molecular formula is C16H15N3O2. The zero-order valence-corrected chi connectivity index (χ0v) is 11.8. The molecule has 0 unspecified atom stereocenters. The molecule has 0 saturated carbocycles. The molecule has 0 radical (unpaired) electrons. The van der Waals surface area contributed by atoms with E-state index in [9.17, 15) is 10.1 Å². The molecule has 5 nitrogen and oxygen atoms in total. The number of hydrogen-bond acceptors (Lipinski definition) is 4. The first-order valence-electron chi connectivity index (χ1n) is 6.31. The van der Waals surface area contributed by atoms with E-state index in [0.717, 1.165) is 5.56 Å². The topological polar surface area (TPSA) is 88.1 Å². The van der Waals surface area contributed by atoms with E-state index in [-0.39, 0.29) is 5.91 Å². The van der Waals surface area contributed by atoms with Crippen LogP contribution in [0.15, 0.2) is 36.4 Å². The number of nitrogens with zero attached hydrogens (tertiary/aromatic N) is 1. The summed E-state index contributed by atoms with van der Waals surface area (Å²) in [6, 6.07) is 12.2. The molecule has 21 heavy (non-hydrogen) atoms. The van der Waals surface area contributed by atoms with E-state index in [1.807, 2.05) is 13.0 Å². The van der Waals surface area contributed by atoms with Crippen molar-refractivity contribution in [2.45, 2.75) is 6.92 Å². The second kappa shape index (κ2) is 5.97. The summed E-state index contributed by atoms with van der Waals surface area (Å²) in [5.41, 5.74) is 8.20. The van der Waals surface area contributed by atoms with E-state index in [0.29, 0.717) is 28.3 Å². The molecule has 0 fully saturated rings. The molecule has 106 valence electrons. The molecule has 1 amide bonds. The van der Waals surface area contributed by atoms with Gasteiger partial charge in [0.15, 0.2) is 0 Å². The number of carbonyl (C=O) groups excluding carboxylic acids is 1. The van der Waals surface area contributed by atoms with Crippen LogP contribution in [0.4, 0.5) is 11.4 Å². The predicted octanol–water partition coefficient (Wildman–Crippen LogP) is 2.71. The van der Waals surface area contributed by atoms with Gasteiger partial charge in [-0.2, -0.15) is 5.26 Å². The lowest BCUT2D eigenvalue weighted by atomic mass is 10.1. The number of nitrogens with two attached hydrogens (primary N) is 1. The number of anilines is 2. The third kappa shape index (κ3) is 2.95. The quantitative estimate of drug-likeness (QED) is 0.847. The number of nitriles is 1. The van der Waals surface area contributed by atoms with Gasteiger partial charge in [0.25, 0.3) is 5.91 Å². The third-order valence-electron chi connectivity index (χ3n) is 3.10. The van der Waals surface area contributed by atoms with Crippen LogP contribution in [0.2, 0.25) is 0 Å². The van der Waals surface area contributed by atoms with E-state index < -0.39 is 0 Å². The van der Waals surface area contributed by atoms with Crippen LogP contribution in [0.25, 0.3) is 0 Å². The lowest BCUT2D eigenvalue weighted by Gasteiger charge is -2.11. The van der Waals surface area contributed by atoms with E-state index >= 15 is 0 Å². The van der Waals surface area contributed by atoms with Crippen LogP contribution >= 0.6 is 0 Å². The van der Waals surface area contributed by atoms with Crippen LogP contribution in [-0.2, 0) is 0 Å². The lowest BCUT2D eigenvalue weighted by molar-refractivity contribution is 0.102.